The lowest BCUT2D eigenvalue weighted by atomic mass is 10.1. The topological polar surface area (TPSA) is 68.0 Å². The summed E-state index contributed by atoms with van der Waals surface area (Å²) < 4.78 is 5.15. The number of carbonyl (C=O) groups excluding carboxylic acids is 1. The average molecular weight is 376 g/mol. The highest BCUT2D eigenvalue weighted by Gasteiger charge is 2.11. The number of halogens is 2. The fraction of sp³-hybridized carbons (Fsp3) is 0.167. The molecule has 1 heterocycles. The van der Waals surface area contributed by atoms with Crippen molar-refractivity contribution in [3.63, 3.8) is 0 Å². The zero-order chi connectivity index (χ0) is 17.6. The van der Waals surface area contributed by atoms with E-state index in [4.69, 9.17) is 27.7 Å². The van der Waals surface area contributed by atoms with Crippen LogP contribution in [0.5, 0.6) is 0 Å². The normalized spacial score (nSPS) is 10.6. The molecular formula is C18H15Cl2N3O2. The van der Waals surface area contributed by atoms with Gasteiger partial charge in [0.2, 0.25) is 17.6 Å². The molecule has 7 heteroatoms. The SMILES string of the molecule is O=C(CCc1c(Cl)cccc1Cl)NCc1nc(-c2ccccc2)no1. The largest absolute Gasteiger partial charge is 0.347 e. The van der Waals surface area contributed by atoms with Crippen LogP contribution < -0.4 is 5.32 Å². The molecule has 128 valence electrons. The molecule has 0 saturated heterocycles. The van der Waals surface area contributed by atoms with Gasteiger partial charge in [-0.1, -0.05) is 64.8 Å². The second-order valence-corrected chi connectivity index (χ2v) is 6.17. The molecule has 0 aliphatic rings. The highest BCUT2D eigenvalue weighted by molar-refractivity contribution is 6.36. The highest BCUT2D eigenvalue weighted by Crippen LogP contribution is 2.25. The predicted octanol–water partition coefficient (Wildman–Crippen LogP) is 4.29. The Hall–Kier alpha value is -2.37. The van der Waals surface area contributed by atoms with Crippen molar-refractivity contribution < 1.29 is 9.32 Å². The van der Waals surface area contributed by atoms with E-state index in [-0.39, 0.29) is 18.9 Å². The summed E-state index contributed by atoms with van der Waals surface area (Å²) in [5.74, 6) is 0.700. The van der Waals surface area contributed by atoms with Crippen LogP contribution in [0.3, 0.4) is 0 Å². The van der Waals surface area contributed by atoms with Crippen molar-refractivity contribution in [3.05, 3.63) is 70.0 Å². The second kappa shape index (κ2) is 8.14. The molecule has 25 heavy (non-hydrogen) atoms. The Labute approximate surface area is 155 Å². The maximum Gasteiger partial charge on any atom is 0.246 e. The van der Waals surface area contributed by atoms with Crippen LogP contribution in [0.2, 0.25) is 10.0 Å². The maximum absolute atomic E-state index is 12.0. The van der Waals surface area contributed by atoms with E-state index in [9.17, 15) is 4.79 Å². The van der Waals surface area contributed by atoms with Gasteiger partial charge in [-0.2, -0.15) is 4.98 Å². The van der Waals surface area contributed by atoms with E-state index in [1.165, 1.54) is 0 Å². The average Bonchev–Trinajstić information content (AvgIpc) is 3.09. The molecule has 0 radical (unpaired) electrons. The Morgan fingerprint density at radius 1 is 1.04 bits per heavy atom. The Kier molecular flexibility index (Phi) is 5.68. The summed E-state index contributed by atoms with van der Waals surface area (Å²) in [4.78, 5) is 16.3. The summed E-state index contributed by atoms with van der Waals surface area (Å²) in [7, 11) is 0. The third-order valence-electron chi connectivity index (χ3n) is 3.60. The van der Waals surface area contributed by atoms with E-state index in [0.29, 0.717) is 28.2 Å². The van der Waals surface area contributed by atoms with Gasteiger partial charge in [0.25, 0.3) is 0 Å². The number of nitrogens with one attached hydrogen (secondary N) is 1. The fourth-order valence-corrected chi connectivity index (χ4v) is 2.89. The summed E-state index contributed by atoms with van der Waals surface area (Å²) in [6.07, 6.45) is 0.729. The zero-order valence-corrected chi connectivity index (χ0v) is 14.7. The van der Waals surface area contributed by atoms with Crippen LogP contribution in [-0.4, -0.2) is 16.0 Å². The summed E-state index contributed by atoms with van der Waals surface area (Å²) in [6, 6.07) is 14.8. The molecule has 0 spiro atoms. The van der Waals surface area contributed by atoms with Gasteiger partial charge in [0.1, 0.15) is 0 Å². The molecule has 0 atom stereocenters. The summed E-state index contributed by atoms with van der Waals surface area (Å²) in [5.41, 5.74) is 1.63. The number of nitrogens with zero attached hydrogens (tertiary/aromatic N) is 2. The number of hydrogen-bond acceptors (Lipinski definition) is 4. The lowest BCUT2D eigenvalue weighted by molar-refractivity contribution is -0.121. The lowest BCUT2D eigenvalue weighted by Gasteiger charge is -2.06. The van der Waals surface area contributed by atoms with Gasteiger partial charge in [-0.15, -0.1) is 0 Å². The molecule has 0 fully saturated rings. The molecule has 1 amide bonds. The first-order valence-electron chi connectivity index (χ1n) is 7.71. The molecule has 2 aromatic carbocycles. The van der Waals surface area contributed by atoms with Crippen molar-refractivity contribution >= 4 is 29.1 Å². The summed E-state index contributed by atoms with van der Waals surface area (Å²) in [6.45, 7) is 0.176. The Morgan fingerprint density at radius 2 is 1.76 bits per heavy atom. The number of aromatic nitrogens is 2. The molecular weight excluding hydrogens is 361 g/mol. The van der Waals surface area contributed by atoms with Gasteiger partial charge in [0, 0.05) is 22.0 Å². The number of hydrogen-bond donors (Lipinski definition) is 1. The smallest absolute Gasteiger partial charge is 0.246 e. The monoisotopic (exact) mass is 375 g/mol. The molecule has 1 aromatic heterocycles. The maximum atomic E-state index is 12.0. The minimum Gasteiger partial charge on any atom is -0.347 e. The van der Waals surface area contributed by atoms with Gasteiger partial charge in [-0.25, -0.2) is 0 Å². The number of rotatable bonds is 6. The van der Waals surface area contributed by atoms with Crippen LogP contribution in [-0.2, 0) is 17.8 Å². The molecule has 0 bridgehead atoms. The van der Waals surface area contributed by atoms with Crippen molar-refractivity contribution in [2.45, 2.75) is 19.4 Å². The van der Waals surface area contributed by atoms with E-state index in [2.05, 4.69) is 15.5 Å². The van der Waals surface area contributed by atoms with Crippen molar-refractivity contribution in [2.24, 2.45) is 0 Å². The van der Waals surface area contributed by atoms with Gasteiger partial charge >= 0.3 is 0 Å². The Morgan fingerprint density at radius 3 is 2.48 bits per heavy atom. The van der Waals surface area contributed by atoms with E-state index >= 15 is 0 Å². The fourth-order valence-electron chi connectivity index (χ4n) is 2.30. The second-order valence-electron chi connectivity index (χ2n) is 5.35. The van der Waals surface area contributed by atoms with Crippen LogP contribution in [0.4, 0.5) is 0 Å². The van der Waals surface area contributed by atoms with Crippen LogP contribution >= 0.6 is 23.2 Å². The Balaban J connectivity index is 1.52. The van der Waals surface area contributed by atoms with E-state index in [1.54, 1.807) is 18.2 Å². The predicted molar refractivity (Wildman–Crippen MR) is 96.4 cm³/mol. The Bertz CT molecular complexity index is 846. The van der Waals surface area contributed by atoms with Crippen LogP contribution in [0.1, 0.15) is 17.9 Å². The third kappa shape index (κ3) is 4.59. The van der Waals surface area contributed by atoms with Crippen LogP contribution in [0.25, 0.3) is 11.4 Å². The highest BCUT2D eigenvalue weighted by atomic mass is 35.5. The molecule has 0 aliphatic heterocycles. The number of amides is 1. The van der Waals surface area contributed by atoms with Gasteiger partial charge in [-0.3, -0.25) is 4.79 Å². The van der Waals surface area contributed by atoms with Crippen molar-refractivity contribution in [1.29, 1.82) is 0 Å². The molecule has 0 saturated carbocycles. The zero-order valence-electron chi connectivity index (χ0n) is 13.2. The minimum atomic E-state index is -0.143. The number of benzene rings is 2. The quantitative estimate of drug-likeness (QED) is 0.697. The molecule has 0 unspecified atom stereocenters. The van der Waals surface area contributed by atoms with E-state index < -0.39 is 0 Å². The first-order valence-corrected chi connectivity index (χ1v) is 8.46. The first kappa shape index (κ1) is 17.5. The third-order valence-corrected chi connectivity index (χ3v) is 4.31. The molecule has 3 aromatic rings. The van der Waals surface area contributed by atoms with E-state index in [1.807, 2.05) is 30.3 Å². The summed E-state index contributed by atoms with van der Waals surface area (Å²) in [5, 5.41) is 7.78. The summed E-state index contributed by atoms with van der Waals surface area (Å²) >= 11 is 12.2. The van der Waals surface area contributed by atoms with Crippen molar-refractivity contribution in [1.82, 2.24) is 15.5 Å². The van der Waals surface area contributed by atoms with Gasteiger partial charge in [0.15, 0.2) is 0 Å². The van der Waals surface area contributed by atoms with Gasteiger partial charge < -0.3 is 9.84 Å². The van der Waals surface area contributed by atoms with Gasteiger partial charge in [0.05, 0.1) is 6.54 Å². The van der Waals surface area contributed by atoms with Gasteiger partial charge in [-0.05, 0) is 24.1 Å². The molecule has 0 aliphatic carbocycles. The van der Waals surface area contributed by atoms with Crippen LogP contribution in [0.15, 0.2) is 53.1 Å². The van der Waals surface area contributed by atoms with Crippen molar-refractivity contribution in [3.8, 4) is 11.4 Å². The number of carbonyl (C=O) groups is 1. The molecule has 1 N–H and O–H groups in total. The van der Waals surface area contributed by atoms with Crippen molar-refractivity contribution in [2.75, 3.05) is 0 Å². The van der Waals surface area contributed by atoms with E-state index in [0.717, 1.165) is 11.1 Å². The van der Waals surface area contributed by atoms with Crippen LogP contribution in [0, 0.1) is 0 Å². The lowest BCUT2D eigenvalue weighted by Crippen LogP contribution is -2.23. The molecule has 5 nitrogen and oxygen atoms in total. The minimum absolute atomic E-state index is 0.143. The first-order chi connectivity index (χ1) is 12.1. The standard InChI is InChI=1S/C18H15Cl2N3O2/c19-14-7-4-8-15(20)13(14)9-10-16(24)21-11-17-22-18(23-25-17)12-5-2-1-3-6-12/h1-8H,9-11H2,(H,21,24). The molecule has 3 rings (SSSR count).